The van der Waals surface area contributed by atoms with Gasteiger partial charge in [-0.2, -0.15) is 0 Å². The molecule has 0 saturated heterocycles. The number of ether oxygens (including phenoxy) is 2. The van der Waals surface area contributed by atoms with Crippen molar-refractivity contribution < 1.29 is 14.3 Å². The normalized spacial score (nSPS) is 26.4. The zero-order valence-corrected chi connectivity index (χ0v) is 17.3. The zero-order valence-electron chi connectivity index (χ0n) is 15.7. The van der Waals surface area contributed by atoms with Gasteiger partial charge in [-0.25, -0.2) is 0 Å². The van der Waals surface area contributed by atoms with Crippen LogP contribution in [0.1, 0.15) is 36.8 Å². The summed E-state index contributed by atoms with van der Waals surface area (Å²) in [5.74, 6) is 2.91. The average Bonchev–Trinajstić information content (AvgIpc) is 3.38. The smallest absolute Gasteiger partial charge is 0.256 e. The molecule has 2 aromatic rings. The van der Waals surface area contributed by atoms with Crippen LogP contribution in [0.3, 0.4) is 0 Å². The molecule has 0 aromatic heterocycles. The standard InChI is InChI=1S/C23H22BrNO3/c1-27-20-7-3-14(11-22(20)28-21-10-13-2-4-15(21)8-13)9-18-17-12-16(24)5-6-19(17)25-23(18)26/h3,5-7,9,11-13,15,21H,2,4,8,10H2,1H3,(H,25,26)/b18-9+/t13-,15+,21+/m1/s1. The first-order valence-corrected chi connectivity index (χ1v) is 10.6. The summed E-state index contributed by atoms with van der Waals surface area (Å²) >= 11 is 3.49. The number of rotatable bonds is 4. The van der Waals surface area contributed by atoms with Crippen LogP contribution in [-0.2, 0) is 4.79 Å². The topological polar surface area (TPSA) is 47.6 Å². The maximum absolute atomic E-state index is 12.5. The Morgan fingerprint density at radius 3 is 2.75 bits per heavy atom. The third-order valence-electron chi connectivity index (χ3n) is 6.21. The second kappa shape index (κ2) is 6.96. The van der Waals surface area contributed by atoms with Crippen molar-refractivity contribution in [3.8, 4) is 11.5 Å². The van der Waals surface area contributed by atoms with Crippen LogP contribution in [0.2, 0.25) is 0 Å². The molecule has 5 heteroatoms. The zero-order chi connectivity index (χ0) is 19.3. The molecule has 1 aliphatic heterocycles. The Balaban J connectivity index is 1.47. The second-order valence-electron chi connectivity index (χ2n) is 7.94. The molecular formula is C23H22BrNO3. The summed E-state index contributed by atoms with van der Waals surface area (Å²) in [5, 5.41) is 2.93. The summed E-state index contributed by atoms with van der Waals surface area (Å²) in [7, 11) is 1.67. The molecule has 1 heterocycles. The van der Waals surface area contributed by atoms with Crippen LogP contribution in [-0.4, -0.2) is 19.1 Å². The number of anilines is 1. The number of fused-ring (bicyclic) bond motifs is 3. The van der Waals surface area contributed by atoms with Crippen molar-refractivity contribution >= 4 is 39.2 Å². The number of nitrogens with one attached hydrogen (secondary N) is 1. The third kappa shape index (κ3) is 3.12. The van der Waals surface area contributed by atoms with Crippen molar-refractivity contribution in [2.45, 2.75) is 31.8 Å². The molecule has 5 rings (SSSR count). The van der Waals surface area contributed by atoms with Gasteiger partial charge in [-0.15, -0.1) is 0 Å². The fourth-order valence-electron chi connectivity index (χ4n) is 4.84. The van der Waals surface area contributed by atoms with E-state index in [0.29, 0.717) is 11.5 Å². The van der Waals surface area contributed by atoms with E-state index in [0.717, 1.165) is 45.1 Å². The molecular weight excluding hydrogens is 418 g/mol. The predicted molar refractivity (Wildman–Crippen MR) is 114 cm³/mol. The number of halogens is 1. The van der Waals surface area contributed by atoms with Crippen molar-refractivity contribution in [2.75, 3.05) is 12.4 Å². The fourth-order valence-corrected chi connectivity index (χ4v) is 5.20. The van der Waals surface area contributed by atoms with Crippen molar-refractivity contribution in [1.29, 1.82) is 0 Å². The molecule has 2 saturated carbocycles. The Labute approximate surface area is 173 Å². The van der Waals surface area contributed by atoms with Crippen LogP contribution in [0.25, 0.3) is 11.6 Å². The molecule has 3 atom stereocenters. The number of benzene rings is 2. The Kier molecular flexibility index (Phi) is 4.43. The quantitative estimate of drug-likeness (QED) is 0.638. The van der Waals surface area contributed by atoms with Crippen LogP contribution in [0.4, 0.5) is 5.69 Å². The lowest BCUT2D eigenvalue weighted by Gasteiger charge is -2.24. The van der Waals surface area contributed by atoms with Gasteiger partial charge < -0.3 is 14.8 Å². The summed E-state index contributed by atoms with van der Waals surface area (Å²) in [5.41, 5.74) is 3.33. The minimum Gasteiger partial charge on any atom is -0.493 e. The first kappa shape index (κ1) is 17.8. The molecule has 28 heavy (non-hydrogen) atoms. The van der Waals surface area contributed by atoms with Crippen LogP contribution in [0.15, 0.2) is 40.9 Å². The Bertz CT molecular complexity index is 984. The van der Waals surface area contributed by atoms with Gasteiger partial charge >= 0.3 is 0 Å². The van der Waals surface area contributed by atoms with Gasteiger partial charge in [0.2, 0.25) is 0 Å². The van der Waals surface area contributed by atoms with E-state index in [1.54, 1.807) is 7.11 Å². The van der Waals surface area contributed by atoms with Crippen LogP contribution in [0, 0.1) is 11.8 Å². The summed E-state index contributed by atoms with van der Waals surface area (Å²) in [6.45, 7) is 0. The lowest BCUT2D eigenvalue weighted by molar-refractivity contribution is -0.110. The van der Waals surface area contributed by atoms with Gasteiger partial charge in [0.1, 0.15) is 6.10 Å². The Morgan fingerprint density at radius 1 is 1.11 bits per heavy atom. The maximum Gasteiger partial charge on any atom is 0.256 e. The third-order valence-corrected chi connectivity index (χ3v) is 6.71. The van der Waals surface area contributed by atoms with Gasteiger partial charge in [0.15, 0.2) is 11.5 Å². The number of methoxy groups -OCH3 is 1. The molecule has 3 aliphatic rings. The fraction of sp³-hybridized carbons (Fsp3) is 0.348. The molecule has 2 bridgehead atoms. The van der Waals surface area contributed by atoms with Gasteiger partial charge in [0.25, 0.3) is 5.91 Å². The molecule has 144 valence electrons. The number of carbonyl (C=O) groups excluding carboxylic acids is 1. The minimum absolute atomic E-state index is 0.0838. The Hall–Kier alpha value is -2.27. The summed E-state index contributed by atoms with van der Waals surface area (Å²) in [6.07, 6.45) is 7.25. The minimum atomic E-state index is -0.0838. The number of hydrogen-bond donors (Lipinski definition) is 1. The molecule has 1 N–H and O–H groups in total. The first-order chi connectivity index (χ1) is 13.6. The van der Waals surface area contributed by atoms with E-state index in [1.165, 1.54) is 19.3 Å². The number of amides is 1. The molecule has 0 radical (unpaired) electrons. The molecule has 2 aromatic carbocycles. The van der Waals surface area contributed by atoms with E-state index in [1.807, 2.05) is 42.5 Å². The Morgan fingerprint density at radius 2 is 2.00 bits per heavy atom. The van der Waals surface area contributed by atoms with Gasteiger partial charge in [-0.1, -0.05) is 22.0 Å². The van der Waals surface area contributed by atoms with Crippen molar-refractivity contribution in [1.82, 2.24) is 0 Å². The van der Waals surface area contributed by atoms with E-state index in [2.05, 4.69) is 21.2 Å². The van der Waals surface area contributed by atoms with Crippen molar-refractivity contribution in [3.63, 3.8) is 0 Å². The first-order valence-electron chi connectivity index (χ1n) is 9.78. The highest BCUT2D eigenvalue weighted by atomic mass is 79.9. The molecule has 1 amide bonds. The SMILES string of the molecule is COc1ccc(/C=C2/C(=O)Nc3ccc(Br)cc32)cc1O[C@H]1C[C@@H]2CC[C@H]1C2. The molecule has 2 aliphatic carbocycles. The number of hydrogen-bond acceptors (Lipinski definition) is 3. The van der Waals surface area contributed by atoms with Crippen LogP contribution >= 0.6 is 15.9 Å². The highest BCUT2D eigenvalue weighted by molar-refractivity contribution is 9.10. The highest BCUT2D eigenvalue weighted by Crippen LogP contribution is 2.47. The van der Waals surface area contributed by atoms with E-state index in [4.69, 9.17) is 9.47 Å². The largest absolute Gasteiger partial charge is 0.493 e. The molecule has 4 nitrogen and oxygen atoms in total. The monoisotopic (exact) mass is 439 g/mol. The predicted octanol–water partition coefficient (Wildman–Crippen LogP) is 5.52. The van der Waals surface area contributed by atoms with Crippen LogP contribution < -0.4 is 14.8 Å². The van der Waals surface area contributed by atoms with E-state index < -0.39 is 0 Å². The van der Waals surface area contributed by atoms with Crippen LogP contribution in [0.5, 0.6) is 11.5 Å². The highest BCUT2D eigenvalue weighted by Gasteiger charge is 2.41. The van der Waals surface area contributed by atoms with Crippen molar-refractivity contribution in [3.05, 3.63) is 52.0 Å². The van der Waals surface area contributed by atoms with Gasteiger partial charge in [0.05, 0.1) is 7.11 Å². The summed E-state index contributed by atoms with van der Waals surface area (Å²) < 4.78 is 12.9. The number of carbonyl (C=O) groups is 1. The van der Waals surface area contributed by atoms with Crippen molar-refractivity contribution in [2.24, 2.45) is 11.8 Å². The molecule has 0 spiro atoms. The molecule has 0 unspecified atom stereocenters. The molecule has 2 fully saturated rings. The van der Waals surface area contributed by atoms with E-state index >= 15 is 0 Å². The van der Waals surface area contributed by atoms with E-state index in [9.17, 15) is 4.79 Å². The summed E-state index contributed by atoms with van der Waals surface area (Å²) in [4.78, 5) is 12.5. The van der Waals surface area contributed by atoms with Gasteiger partial charge in [-0.05, 0) is 79.5 Å². The van der Waals surface area contributed by atoms with Gasteiger partial charge in [0, 0.05) is 21.3 Å². The summed E-state index contributed by atoms with van der Waals surface area (Å²) in [6, 6.07) is 11.7. The second-order valence-corrected chi connectivity index (χ2v) is 8.86. The maximum atomic E-state index is 12.5. The van der Waals surface area contributed by atoms with Gasteiger partial charge in [-0.3, -0.25) is 4.79 Å². The lowest BCUT2D eigenvalue weighted by atomic mass is 9.97. The van der Waals surface area contributed by atoms with E-state index in [-0.39, 0.29) is 12.0 Å². The average molecular weight is 440 g/mol. The lowest BCUT2D eigenvalue weighted by Crippen LogP contribution is -2.23.